The lowest BCUT2D eigenvalue weighted by atomic mass is 9.90. The molecule has 2 N–H and O–H groups in total. The van der Waals surface area contributed by atoms with Crippen molar-refractivity contribution in [3.63, 3.8) is 0 Å². The zero-order valence-electron chi connectivity index (χ0n) is 14.3. The van der Waals surface area contributed by atoms with Crippen LogP contribution in [0, 0.1) is 0 Å². The van der Waals surface area contributed by atoms with Gasteiger partial charge in [-0.05, 0) is 25.0 Å². The molecule has 0 bridgehead atoms. The second kappa shape index (κ2) is 7.13. The first kappa shape index (κ1) is 17.3. The third-order valence-electron chi connectivity index (χ3n) is 4.89. The second-order valence-electron chi connectivity index (χ2n) is 6.57. The van der Waals surface area contributed by atoms with E-state index in [1.807, 2.05) is 0 Å². The summed E-state index contributed by atoms with van der Waals surface area (Å²) in [6.07, 6.45) is 5.24. The highest BCUT2D eigenvalue weighted by Crippen LogP contribution is 2.32. The van der Waals surface area contributed by atoms with Crippen molar-refractivity contribution in [3.05, 3.63) is 24.3 Å². The maximum Gasteiger partial charge on any atom is 0.325 e. The highest BCUT2D eigenvalue weighted by atomic mass is 16.5. The van der Waals surface area contributed by atoms with Gasteiger partial charge in [-0.2, -0.15) is 0 Å². The average Bonchev–Trinajstić information content (AvgIpc) is 2.77. The molecule has 1 aromatic rings. The molecule has 25 heavy (non-hydrogen) atoms. The molecule has 1 saturated carbocycles. The summed E-state index contributed by atoms with van der Waals surface area (Å²) in [7, 11) is 1.51. The van der Waals surface area contributed by atoms with Crippen LogP contribution in [0.1, 0.15) is 38.5 Å². The van der Waals surface area contributed by atoms with E-state index >= 15 is 0 Å². The van der Waals surface area contributed by atoms with Crippen LogP contribution >= 0.6 is 0 Å². The summed E-state index contributed by atoms with van der Waals surface area (Å²) in [6, 6.07) is 6.51. The number of ether oxygens (including phenoxy) is 1. The van der Waals surface area contributed by atoms with Gasteiger partial charge in [0.15, 0.2) is 0 Å². The lowest BCUT2D eigenvalue weighted by Crippen LogP contribution is -2.47. The second-order valence-corrected chi connectivity index (χ2v) is 6.57. The van der Waals surface area contributed by atoms with Crippen molar-refractivity contribution < 1.29 is 19.1 Å². The number of para-hydroxylation sites is 2. The molecule has 2 aliphatic rings. The van der Waals surface area contributed by atoms with Crippen LogP contribution in [-0.2, 0) is 9.59 Å². The first-order valence-corrected chi connectivity index (χ1v) is 8.63. The number of carbonyl (C=O) groups excluding carboxylic acids is 3. The van der Waals surface area contributed by atoms with Gasteiger partial charge in [-0.25, -0.2) is 4.79 Å². The van der Waals surface area contributed by atoms with E-state index in [4.69, 9.17) is 4.74 Å². The predicted molar refractivity (Wildman–Crippen MR) is 92.3 cm³/mol. The van der Waals surface area contributed by atoms with Gasteiger partial charge in [0, 0.05) is 0 Å². The lowest BCUT2D eigenvalue weighted by Gasteiger charge is -2.24. The quantitative estimate of drug-likeness (QED) is 0.820. The molecule has 1 spiro atoms. The third-order valence-corrected chi connectivity index (χ3v) is 4.89. The van der Waals surface area contributed by atoms with E-state index in [9.17, 15) is 14.4 Å². The fourth-order valence-electron chi connectivity index (χ4n) is 3.57. The minimum absolute atomic E-state index is 0.283. The number of methoxy groups -OCH3 is 1. The number of hydrogen-bond acceptors (Lipinski definition) is 4. The summed E-state index contributed by atoms with van der Waals surface area (Å²) >= 11 is 0. The molecule has 0 atom stereocenters. The number of imide groups is 1. The number of benzene rings is 1. The van der Waals surface area contributed by atoms with E-state index in [0.29, 0.717) is 24.3 Å². The first-order valence-electron chi connectivity index (χ1n) is 8.63. The fourth-order valence-corrected chi connectivity index (χ4v) is 3.57. The molecule has 1 aromatic carbocycles. The Balaban J connectivity index is 1.69. The summed E-state index contributed by atoms with van der Waals surface area (Å²) in [6.45, 7) is -0.301. The molecule has 2 fully saturated rings. The Kier molecular flexibility index (Phi) is 4.92. The van der Waals surface area contributed by atoms with Crippen molar-refractivity contribution in [2.75, 3.05) is 19.0 Å². The van der Waals surface area contributed by atoms with Crippen LogP contribution in [0.2, 0.25) is 0 Å². The molecule has 0 aromatic heterocycles. The molecule has 0 radical (unpaired) electrons. The highest BCUT2D eigenvalue weighted by Gasteiger charge is 2.51. The number of rotatable bonds is 4. The van der Waals surface area contributed by atoms with Gasteiger partial charge in [0.25, 0.3) is 5.91 Å². The number of anilines is 1. The molecular weight excluding hydrogens is 322 g/mol. The summed E-state index contributed by atoms with van der Waals surface area (Å²) in [4.78, 5) is 38.4. The number of carbonyl (C=O) groups is 3. The Bertz CT molecular complexity index is 681. The van der Waals surface area contributed by atoms with Crippen molar-refractivity contribution in [2.24, 2.45) is 0 Å². The molecule has 1 aliphatic heterocycles. The van der Waals surface area contributed by atoms with Gasteiger partial charge in [-0.3, -0.25) is 14.5 Å². The summed E-state index contributed by atoms with van der Waals surface area (Å²) in [5.41, 5.74) is -0.315. The van der Waals surface area contributed by atoms with Crippen molar-refractivity contribution in [1.82, 2.24) is 10.2 Å². The lowest BCUT2D eigenvalue weighted by molar-refractivity contribution is -0.134. The van der Waals surface area contributed by atoms with Crippen LogP contribution in [0.3, 0.4) is 0 Å². The van der Waals surface area contributed by atoms with E-state index in [2.05, 4.69) is 10.6 Å². The molecule has 3 rings (SSSR count). The number of hydrogen-bond donors (Lipinski definition) is 2. The maximum atomic E-state index is 12.8. The zero-order valence-corrected chi connectivity index (χ0v) is 14.3. The Morgan fingerprint density at radius 1 is 1.20 bits per heavy atom. The largest absolute Gasteiger partial charge is 0.495 e. The highest BCUT2D eigenvalue weighted by molar-refractivity contribution is 6.10. The van der Waals surface area contributed by atoms with Crippen molar-refractivity contribution in [2.45, 2.75) is 44.1 Å². The molecule has 4 amide bonds. The minimum atomic E-state index is -0.821. The average molecular weight is 345 g/mol. The van der Waals surface area contributed by atoms with E-state index in [1.165, 1.54) is 7.11 Å². The van der Waals surface area contributed by atoms with Crippen LogP contribution in [0.15, 0.2) is 24.3 Å². The normalized spacial score (nSPS) is 19.5. The van der Waals surface area contributed by atoms with Gasteiger partial charge in [0.2, 0.25) is 5.91 Å². The monoisotopic (exact) mass is 345 g/mol. The number of amides is 4. The third kappa shape index (κ3) is 3.45. The standard InChI is InChI=1S/C18H23N3O4/c1-25-14-9-5-4-8-13(14)19-15(22)12-21-16(23)18(20-17(21)24)10-6-2-3-7-11-18/h4-5,8-9H,2-3,6-7,10-12H2,1H3,(H,19,22)(H,20,24). The molecule has 7 heteroatoms. The van der Waals surface area contributed by atoms with Crippen LogP contribution < -0.4 is 15.4 Å². The summed E-state index contributed by atoms with van der Waals surface area (Å²) in [5.74, 6) is -0.193. The van der Waals surface area contributed by atoms with Crippen molar-refractivity contribution in [3.8, 4) is 5.75 Å². The van der Waals surface area contributed by atoms with Gasteiger partial charge in [0.1, 0.15) is 17.8 Å². The minimum Gasteiger partial charge on any atom is -0.495 e. The van der Waals surface area contributed by atoms with Gasteiger partial charge >= 0.3 is 6.03 Å². The number of nitrogens with one attached hydrogen (secondary N) is 2. The Labute approximate surface area is 146 Å². The topological polar surface area (TPSA) is 87.7 Å². The predicted octanol–water partition coefficient (Wildman–Crippen LogP) is 2.28. The van der Waals surface area contributed by atoms with E-state index in [-0.39, 0.29) is 12.5 Å². The number of urea groups is 1. The molecule has 7 nitrogen and oxygen atoms in total. The van der Waals surface area contributed by atoms with E-state index in [1.54, 1.807) is 24.3 Å². The van der Waals surface area contributed by atoms with Crippen LogP contribution in [-0.4, -0.2) is 41.9 Å². The Morgan fingerprint density at radius 3 is 2.56 bits per heavy atom. The van der Waals surface area contributed by atoms with Crippen molar-refractivity contribution >= 4 is 23.5 Å². The van der Waals surface area contributed by atoms with E-state index in [0.717, 1.165) is 30.6 Å². The molecule has 1 saturated heterocycles. The smallest absolute Gasteiger partial charge is 0.325 e. The van der Waals surface area contributed by atoms with Gasteiger partial charge in [0.05, 0.1) is 12.8 Å². The Morgan fingerprint density at radius 2 is 1.88 bits per heavy atom. The van der Waals surface area contributed by atoms with Gasteiger partial charge < -0.3 is 15.4 Å². The summed E-state index contributed by atoms with van der Waals surface area (Å²) in [5, 5.41) is 5.53. The molecule has 1 heterocycles. The van der Waals surface area contributed by atoms with Crippen LogP contribution in [0.4, 0.5) is 10.5 Å². The van der Waals surface area contributed by atoms with Crippen molar-refractivity contribution in [1.29, 1.82) is 0 Å². The van der Waals surface area contributed by atoms with Gasteiger partial charge in [-0.15, -0.1) is 0 Å². The molecule has 134 valence electrons. The van der Waals surface area contributed by atoms with E-state index < -0.39 is 17.5 Å². The molecular formula is C18H23N3O4. The summed E-state index contributed by atoms with van der Waals surface area (Å²) < 4.78 is 5.19. The number of nitrogens with zero attached hydrogens (tertiary/aromatic N) is 1. The molecule has 1 aliphatic carbocycles. The van der Waals surface area contributed by atoms with Crippen LogP contribution in [0.25, 0.3) is 0 Å². The molecule has 0 unspecified atom stereocenters. The maximum absolute atomic E-state index is 12.8. The fraction of sp³-hybridized carbons (Fsp3) is 0.500. The SMILES string of the molecule is COc1ccccc1NC(=O)CN1C(=O)NC2(CCCCCC2)C1=O. The first-order chi connectivity index (χ1) is 12.1. The van der Waals surface area contributed by atoms with Gasteiger partial charge in [-0.1, -0.05) is 37.8 Å². The van der Waals surface area contributed by atoms with Crippen LogP contribution in [0.5, 0.6) is 5.75 Å². The zero-order chi connectivity index (χ0) is 17.9. The Hall–Kier alpha value is -2.57.